The molecule has 1 aromatic carbocycles. The Hall–Kier alpha value is -2.80. The summed E-state index contributed by atoms with van der Waals surface area (Å²) >= 11 is 0. The van der Waals surface area contributed by atoms with E-state index in [-0.39, 0.29) is 23.9 Å². The first-order valence-electron chi connectivity index (χ1n) is 10.0. The summed E-state index contributed by atoms with van der Waals surface area (Å²) in [4.78, 5) is 23.3. The first-order chi connectivity index (χ1) is 14.0. The SMILES string of the molecule is Cn1cncc1-c1ccc2cnc(NC(=O)C3CC4(C3)CN(CCF)C4)cc2c1. The molecule has 0 atom stereocenters. The van der Waals surface area contributed by atoms with Crippen molar-refractivity contribution < 1.29 is 9.18 Å². The maximum Gasteiger partial charge on any atom is 0.228 e. The predicted molar refractivity (Wildman–Crippen MR) is 110 cm³/mol. The van der Waals surface area contributed by atoms with Crippen molar-refractivity contribution in [1.29, 1.82) is 0 Å². The molecule has 150 valence electrons. The summed E-state index contributed by atoms with van der Waals surface area (Å²) < 4.78 is 14.4. The van der Waals surface area contributed by atoms with Crippen molar-refractivity contribution in [3.8, 4) is 11.3 Å². The molecular weight excluding hydrogens is 369 g/mol. The van der Waals surface area contributed by atoms with Crippen molar-refractivity contribution in [3.63, 3.8) is 0 Å². The van der Waals surface area contributed by atoms with Gasteiger partial charge in [-0.1, -0.05) is 12.1 Å². The van der Waals surface area contributed by atoms with Gasteiger partial charge in [-0.25, -0.2) is 14.4 Å². The van der Waals surface area contributed by atoms with Crippen molar-refractivity contribution in [2.24, 2.45) is 18.4 Å². The summed E-state index contributed by atoms with van der Waals surface area (Å²) in [6.45, 7) is 2.06. The van der Waals surface area contributed by atoms with Crippen LogP contribution in [0.2, 0.25) is 0 Å². The normalized spacial score (nSPS) is 18.6. The number of pyridine rings is 1. The molecule has 1 aliphatic heterocycles. The van der Waals surface area contributed by atoms with Crippen molar-refractivity contribution in [1.82, 2.24) is 19.4 Å². The average molecular weight is 393 g/mol. The van der Waals surface area contributed by atoms with E-state index < -0.39 is 0 Å². The number of aromatic nitrogens is 3. The molecule has 2 fully saturated rings. The first kappa shape index (κ1) is 18.2. The first-order valence-corrected chi connectivity index (χ1v) is 10.0. The largest absolute Gasteiger partial charge is 0.334 e. The number of benzene rings is 1. The van der Waals surface area contributed by atoms with Crippen LogP contribution < -0.4 is 5.32 Å². The number of likely N-dealkylation sites (tertiary alicyclic amines) is 1. The van der Waals surface area contributed by atoms with Crippen LogP contribution in [0.15, 0.2) is 43.0 Å². The Kier molecular flexibility index (Phi) is 4.35. The molecule has 29 heavy (non-hydrogen) atoms. The molecule has 3 heterocycles. The lowest BCUT2D eigenvalue weighted by Crippen LogP contribution is -2.63. The summed E-state index contributed by atoms with van der Waals surface area (Å²) in [5.74, 6) is 0.647. The van der Waals surface area contributed by atoms with Crippen LogP contribution in [-0.4, -0.2) is 51.7 Å². The minimum Gasteiger partial charge on any atom is -0.334 e. The van der Waals surface area contributed by atoms with Gasteiger partial charge in [0.05, 0.1) is 18.2 Å². The highest BCUT2D eigenvalue weighted by Crippen LogP contribution is 2.52. The molecule has 3 aromatic rings. The lowest BCUT2D eigenvalue weighted by molar-refractivity contribution is -0.139. The van der Waals surface area contributed by atoms with E-state index in [9.17, 15) is 9.18 Å². The number of carbonyl (C=O) groups is 1. The molecule has 2 aromatic heterocycles. The van der Waals surface area contributed by atoms with Crippen LogP contribution in [-0.2, 0) is 11.8 Å². The van der Waals surface area contributed by atoms with Crippen molar-refractivity contribution >= 4 is 22.5 Å². The number of rotatable bonds is 5. The highest BCUT2D eigenvalue weighted by Gasteiger charge is 2.53. The van der Waals surface area contributed by atoms with E-state index in [1.165, 1.54) is 0 Å². The zero-order chi connectivity index (χ0) is 20.0. The minimum absolute atomic E-state index is 0.0285. The van der Waals surface area contributed by atoms with Gasteiger partial charge in [-0.15, -0.1) is 0 Å². The number of carbonyl (C=O) groups excluding carboxylic acids is 1. The van der Waals surface area contributed by atoms with Gasteiger partial charge in [-0.3, -0.25) is 9.69 Å². The fourth-order valence-corrected chi connectivity index (χ4v) is 4.84. The predicted octanol–water partition coefficient (Wildman–Crippen LogP) is 3.26. The molecule has 1 saturated carbocycles. The zero-order valence-electron chi connectivity index (χ0n) is 16.4. The van der Waals surface area contributed by atoms with Crippen molar-refractivity contribution in [2.75, 3.05) is 31.6 Å². The highest BCUT2D eigenvalue weighted by molar-refractivity contribution is 5.95. The number of fused-ring (bicyclic) bond motifs is 1. The van der Waals surface area contributed by atoms with Crippen molar-refractivity contribution in [2.45, 2.75) is 12.8 Å². The second-order valence-corrected chi connectivity index (χ2v) is 8.52. The van der Waals surface area contributed by atoms with Gasteiger partial charge in [0.1, 0.15) is 12.5 Å². The van der Waals surface area contributed by atoms with Crippen LogP contribution in [0, 0.1) is 11.3 Å². The number of aryl methyl sites for hydroxylation is 1. The second-order valence-electron chi connectivity index (χ2n) is 8.52. The van der Waals surface area contributed by atoms with Crippen LogP contribution in [0.5, 0.6) is 0 Å². The van der Waals surface area contributed by atoms with E-state index in [0.29, 0.717) is 12.4 Å². The number of amides is 1. The van der Waals surface area contributed by atoms with E-state index in [1.54, 1.807) is 12.5 Å². The number of imidazole rings is 1. The Bertz CT molecular complexity index is 1060. The molecule has 7 heteroatoms. The van der Waals surface area contributed by atoms with Gasteiger partial charge in [0.25, 0.3) is 0 Å². The third kappa shape index (κ3) is 3.29. The molecule has 1 saturated heterocycles. The Labute approximate surface area is 168 Å². The third-order valence-corrected chi connectivity index (χ3v) is 6.33. The zero-order valence-corrected chi connectivity index (χ0v) is 16.4. The van der Waals surface area contributed by atoms with Crippen LogP contribution in [0.3, 0.4) is 0 Å². The van der Waals surface area contributed by atoms with Gasteiger partial charge < -0.3 is 9.88 Å². The summed E-state index contributed by atoms with van der Waals surface area (Å²) in [5.41, 5.74) is 2.35. The highest BCUT2D eigenvalue weighted by atomic mass is 19.1. The number of anilines is 1. The van der Waals surface area contributed by atoms with Gasteiger partial charge >= 0.3 is 0 Å². The molecule has 1 spiro atoms. The number of alkyl halides is 1. The standard InChI is InChI=1S/C22H24FN5O/c1-27-14-24-11-19(27)15-2-3-16-10-25-20(7-17(16)6-15)26-21(29)18-8-22(9-18)12-28(13-22)5-4-23/h2-3,6-7,10-11,14,18H,4-5,8-9,12-13H2,1H3,(H,25,26,29). The quantitative estimate of drug-likeness (QED) is 0.723. The molecule has 1 aliphatic carbocycles. The Morgan fingerprint density at radius 2 is 2.07 bits per heavy atom. The van der Waals surface area contributed by atoms with E-state index in [1.807, 2.05) is 29.9 Å². The summed E-state index contributed by atoms with van der Waals surface area (Å²) in [6, 6.07) is 8.10. The van der Waals surface area contributed by atoms with E-state index in [4.69, 9.17) is 0 Å². The Morgan fingerprint density at radius 3 is 2.79 bits per heavy atom. The monoisotopic (exact) mass is 393 g/mol. The Balaban J connectivity index is 1.26. The van der Waals surface area contributed by atoms with E-state index in [2.05, 4.69) is 32.3 Å². The molecule has 1 N–H and O–H groups in total. The number of nitrogens with one attached hydrogen (secondary N) is 1. The third-order valence-electron chi connectivity index (χ3n) is 6.33. The molecule has 2 aliphatic rings. The van der Waals surface area contributed by atoms with E-state index >= 15 is 0 Å². The van der Waals surface area contributed by atoms with Gasteiger partial charge in [0.15, 0.2) is 0 Å². The van der Waals surface area contributed by atoms with E-state index in [0.717, 1.165) is 48.0 Å². The minimum atomic E-state index is -0.296. The molecule has 0 radical (unpaired) electrons. The number of nitrogens with zero attached hydrogens (tertiary/aromatic N) is 4. The van der Waals surface area contributed by atoms with Gasteiger partial charge in [-0.2, -0.15) is 0 Å². The van der Waals surface area contributed by atoms with Gasteiger partial charge in [0.2, 0.25) is 5.91 Å². The van der Waals surface area contributed by atoms with Gasteiger partial charge in [-0.05, 0) is 35.8 Å². The average Bonchev–Trinajstić information content (AvgIpc) is 3.07. The van der Waals surface area contributed by atoms with Crippen LogP contribution in [0.1, 0.15) is 12.8 Å². The molecule has 1 amide bonds. The molecule has 0 unspecified atom stereocenters. The van der Waals surface area contributed by atoms with Crippen molar-refractivity contribution in [3.05, 3.63) is 43.0 Å². The summed E-state index contributed by atoms with van der Waals surface area (Å²) in [6.07, 6.45) is 7.19. The Morgan fingerprint density at radius 1 is 1.24 bits per heavy atom. The molecule has 5 rings (SSSR count). The van der Waals surface area contributed by atoms with Crippen LogP contribution in [0.25, 0.3) is 22.0 Å². The van der Waals surface area contributed by atoms with Crippen LogP contribution >= 0.6 is 0 Å². The molecule has 0 bridgehead atoms. The summed E-state index contributed by atoms with van der Waals surface area (Å²) in [5, 5.41) is 5.04. The summed E-state index contributed by atoms with van der Waals surface area (Å²) in [7, 11) is 1.97. The number of hydrogen-bond donors (Lipinski definition) is 1. The smallest absolute Gasteiger partial charge is 0.228 e. The molecule has 6 nitrogen and oxygen atoms in total. The lowest BCUT2D eigenvalue weighted by atomic mass is 9.57. The van der Waals surface area contributed by atoms with Gasteiger partial charge in [0, 0.05) is 49.7 Å². The topological polar surface area (TPSA) is 63.1 Å². The molecular formula is C22H24FN5O. The second kappa shape index (κ2) is 6.91. The van der Waals surface area contributed by atoms with Crippen LogP contribution in [0.4, 0.5) is 10.2 Å². The number of halogens is 1. The maximum absolute atomic E-state index is 12.6. The fourth-order valence-electron chi connectivity index (χ4n) is 4.84. The fraction of sp³-hybridized carbons (Fsp3) is 0.409. The number of hydrogen-bond acceptors (Lipinski definition) is 4. The lowest BCUT2D eigenvalue weighted by Gasteiger charge is -2.58. The maximum atomic E-state index is 12.6.